The van der Waals surface area contributed by atoms with Gasteiger partial charge in [-0.25, -0.2) is 4.98 Å². The van der Waals surface area contributed by atoms with E-state index in [9.17, 15) is 0 Å². The third kappa shape index (κ3) is 1.69. The molecule has 0 amide bonds. The van der Waals surface area contributed by atoms with E-state index in [4.69, 9.17) is 5.73 Å². The Hall–Kier alpha value is -1.20. The Morgan fingerprint density at radius 2 is 2.36 bits per heavy atom. The Balaban J connectivity index is 2.32. The normalized spacial score (nSPS) is 10.7. The molecule has 74 valence electrons. The molecule has 2 rings (SSSR count). The maximum atomic E-state index is 5.39. The van der Waals surface area contributed by atoms with Gasteiger partial charge in [0.2, 0.25) is 0 Å². The molecule has 2 aromatic rings. The van der Waals surface area contributed by atoms with E-state index in [1.165, 1.54) is 11.5 Å². The summed E-state index contributed by atoms with van der Waals surface area (Å²) in [6.45, 7) is 3.35. The van der Waals surface area contributed by atoms with E-state index in [1.54, 1.807) is 0 Å². The summed E-state index contributed by atoms with van der Waals surface area (Å²) in [5.41, 5.74) is 6.44. The van der Waals surface area contributed by atoms with Crippen LogP contribution in [0.5, 0.6) is 0 Å². The van der Waals surface area contributed by atoms with Crippen molar-refractivity contribution in [1.29, 1.82) is 0 Å². The van der Waals surface area contributed by atoms with Crippen LogP contribution in [0, 0.1) is 6.92 Å². The maximum Gasteiger partial charge on any atom is 0.146 e. The highest BCUT2D eigenvalue weighted by Crippen LogP contribution is 2.21. The highest BCUT2D eigenvalue weighted by molar-refractivity contribution is 7.12. The number of hydrogen-bond acceptors (Lipinski definition) is 5. The Morgan fingerprint density at radius 3 is 3.14 bits per heavy atom. The van der Waals surface area contributed by atoms with Crippen molar-refractivity contribution in [2.75, 3.05) is 18.4 Å². The first-order valence-corrected chi connectivity index (χ1v) is 5.25. The fourth-order valence-electron chi connectivity index (χ4n) is 1.24. The first-order chi connectivity index (χ1) is 6.81. The molecule has 5 heteroatoms. The van der Waals surface area contributed by atoms with Gasteiger partial charge in [0.25, 0.3) is 0 Å². The van der Waals surface area contributed by atoms with Crippen LogP contribution in [0.1, 0.15) is 5.69 Å². The molecular weight excluding hydrogens is 196 g/mol. The van der Waals surface area contributed by atoms with Crippen LogP contribution in [0.15, 0.2) is 12.1 Å². The Morgan fingerprint density at radius 1 is 1.50 bits per heavy atom. The average molecular weight is 208 g/mol. The molecule has 3 N–H and O–H groups in total. The molecule has 0 aromatic carbocycles. The second-order valence-electron chi connectivity index (χ2n) is 3.03. The predicted molar refractivity (Wildman–Crippen MR) is 59.7 cm³/mol. The first-order valence-electron chi connectivity index (χ1n) is 4.48. The number of anilines is 1. The standard InChI is InChI=1S/C9H12N4S/c1-6-7-2-3-8(11-5-4-10)12-9(7)14-13-6/h2-3H,4-5,10H2,1H3,(H,11,12). The van der Waals surface area contributed by atoms with Crippen LogP contribution in [0.25, 0.3) is 10.2 Å². The molecule has 2 aromatic heterocycles. The van der Waals surface area contributed by atoms with Gasteiger partial charge in [0.1, 0.15) is 10.6 Å². The molecule has 0 bridgehead atoms. The zero-order valence-corrected chi connectivity index (χ0v) is 8.77. The number of hydrogen-bond donors (Lipinski definition) is 2. The largest absolute Gasteiger partial charge is 0.369 e. The van der Waals surface area contributed by atoms with Crippen LogP contribution in [0.2, 0.25) is 0 Å². The molecule has 0 aliphatic heterocycles. The topological polar surface area (TPSA) is 63.8 Å². The van der Waals surface area contributed by atoms with E-state index in [2.05, 4.69) is 14.7 Å². The lowest BCUT2D eigenvalue weighted by Crippen LogP contribution is -2.13. The van der Waals surface area contributed by atoms with Gasteiger partial charge in [0.15, 0.2) is 0 Å². The summed E-state index contributed by atoms with van der Waals surface area (Å²) in [7, 11) is 0. The number of rotatable bonds is 3. The molecule has 0 unspecified atom stereocenters. The van der Waals surface area contributed by atoms with Crippen molar-refractivity contribution >= 4 is 27.6 Å². The first kappa shape index (κ1) is 9.36. The fourth-order valence-corrected chi connectivity index (χ4v) is 2.02. The maximum absolute atomic E-state index is 5.39. The van der Waals surface area contributed by atoms with Crippen LogP contribution in [-0.4, -0.2) is 22.4 Å². The quantitative estimate of drug-likeness (QED) is 0.799. The number of aryl methyl sites for hydroxylation is 1. The second-order valence-corrected chi connectivity index (χ2v) is 3.78. The minimum absolute atomic E-state index is 0.613. The van der Waals surface area contributed by atoms with E-state index < -0.39 is 0 Å². The molecule has 0 fully saturated rings. The summed E-state index contributed by atoms with van der Waals surface area (Å²) in [5, 5.41) is 4.27. The SMILES string of the molecule is Cc1nsc2nc(NCCN)ccc12. The molecule has 0 saturated heterocycles. The monoisotopic (exact) mass is 208 g/mol. The van der Waals surface area contributed by atoms with Crippen LogP contribution in [0.3, 0.4) is 0 Å². The minimum atomic E-state index is 0.613. The molecule has 0 atom stereocenters. The molecule has 0 saturated carbocycles. The van der Waals surface area contributed by atoms with Crippen molar-refractivity contribution in [3.05, 3.63) is 17.8 Å². The Labute approximate surface area is 86.3 Å². The van der Waals surface area contributed by atoms with E-state index in [1.807, 2.05) is 19.1 Å². The lowest BCUT2D eigenvalue weighted by atomic mass is 10.3. The molecule has 4 nitrogen and oxygen atoms in total. The molecule has 0 aliphatic rings. The van der Waals surface area contributed by atoms with E-state index in [0.29, 0.717) is 6.54 Å². The van der Waals surface area contributed by atoms with E-state index >= 15 is 0 Å². The fraction of sp³-hybridized carbons (Fsp3) is 0.333. The molecule has 2 heterocycles. The van der Waals surface area contributed by atoms with Gasteiger partial charge in [-0.05, 0) is 30.6 Å². The van der Waals surface area contributed by atoms with Crippen LogP contribution in [-0.2, 0) is 0 Å². The summed E-state index contributed by atoms with van der Waals surface area (Å²) in [6, 6.07) is 4.00. The number of aromatic nitrogens is 2. The van der Waals surface area contributed by atoms with Gasteiger partial charge in [-0.3, -0.25) is 0 Å². The van der Waals surface area contributed by atoms with Crippen molar-refractivity contribution < 1.29 is 0 Å². The smallest absolute Gasteiger partial charge is 0.146 e. The summed E-state index contributed by atoms with van der Waals surface area (Å²) >= 11 is 1.43. The summed E-state index contributed by atoms with van der Waals surface area (Å²) in [6.07, 6.45) is 0. The molecule has 0 radical (unpaired) electrons. The Bertz CT molecular complexity index is 437. The highest BCUT2D eigenvalue weighted by Gasteiger charge is 2.03. The second kappa shape index (κ2) is 3.89. The van der Waals surface area contributed by atoms with Crippen LogP contribution in [0.4, 0.5) is 5.82 Å². The van der Waals surface area contributed by atoms with Gasteiger partial charge < -0.3 is 11.1 Å². The molecule has 0 aliphatic carbocycles. The van der Waals surface area contributed by atoms with Gasteiger partial charge in [0.05, 0.1) is 5.69 Å². The number of nitrogens with two attached hydrogens (primary N) is 1. The molecular formula is C9H12N4S. The predicted octanol–water partition coefficient (Wildman–Crippen LogP) is 1.37. The summed E-state index contributed by atoms with van der Waals surface area (Å²) < 4.78 is 4.24. The number of nitrogens with zero attached hydrogens (tertiary/aromatic N) is 2. The van der Waals surface area contributed by atoms with Gasteiger partial charge in [-0.2, -0.15) is 4.37 Å². The van der Waals surface area contributed by atoms with E-state index in [-0.39, 0.29) is 0 Å². The molecule has 14 heavy (non-hydrogen) atoms. The molecule has 0 spiro atoms. The third-order valence-corrected chi connectivity index (χ3v) is 2.82. The highest BCUT2D eigenvalue weighted by atomic mass is 32.1. The third-order valence-electron chi connectivity index (χ3n) is 1.97. The summed E-state index contributed by atoms with van der Waals surface area (Å²) in [5.74, 6) is 0.867. The lowest BCUT2D eigenvalue weighted by molar-refractivity contribution is 1.02. The zero-order valence-electron chi connectivity index (χ0n) is 7.95. The lowest BCUT2D eigenvalue weighted by Gasteiger charge is -2.02. The number of nitrogens with one attached hydrogen (secondary N) is 1. The van der Waals surface area contributed by atoms with Gasteiger partial charge in [-0.15, -0.1) is 0 Å². The summed E-state index contributed by atoms with van der Waals surface area (Å²) in [4.78, 5) is 5.40. The van der Waals surface area contributed by atoms with Gasteiger partial charge in [0, 0.05) is 18.5 Å². The average Bonchev–Trinajstić information content (AvgIpc) is 2.57. The Kier molecular flexibility index (Phi) is 2.60. The number of pyridine rings is 1. The van der Waals surface area contributed by atoms with Crippen molar-refractivity contribution in [3.63, 3.8) is 0 Å². The van der Waals surface area contributed by atoms with Crippen molar-refractivity contribution in [1.82, 2.24) is 9.36 Å². The van der Waals surface area contributed by atoms with Crippen LogP contribution < -0.4 is 11.1 Å². The number of fused-ring (bicyclic) bond motifs is 1. The van der Waals surface area contributed by atoms with Gasteiger partial charge >= 0.3 is 0 Å². The minimum Gasteiger partial charge on any atom is -0.369 e. The van der Waals surface area contributed by atoms with Crippen molar-refractivity contribution in [2.45, 2.75) is 6.92 Å². The van der Waals surface area contributed by atoms with Crippen LogP contribution >= 0.6 is 11.5 Å². The van der Waals surface area contributed by atoms with Crippen molar-refractivity contribution in [3.8, 4) is 0 Å². The van der Waals surface area contributed by atoms with Crippen molar-refractivity contribution in [2.24, 2.45) is 5.73 Å². The van der Waals surface area contributed by atoms with Gasteiger partial charge in [-0.1, -0.05) is 0 Å². The van der Waals surface area contributed by atoms with E-state index in [0.717, 1.165) is 28.3 Å². The zero-order chi connectivity index (χ0) is 9.97.